The molecule has 3 N–H and O–H groups in total. The molecule has 1 atom stereocenters. The van der Waals surface area contributed by atoms with Gasteiger partial charge in [-0.25, -0.2) is 4.98 Å². The number of nitrogens with one attached hydrogen (secondary N) is 1. The van der Waals surface area contributed by atoms with Gasteiger partial charge in [0.2, 0.25) is 17.1 Å². The topological polar surface area (TPSA) is 119 Å². The van der Waals surface area contributed by atoms with Crippen LogP contribution in [0.4, 0.5) is 11.9 Å². The second kappa shape index (κ2) is 7.97. The number of H-pyrrole nitrogens is 1. The number of nitrogen functional groups attached to an aromatic ring is 1. The maximum Gasteiger partial charge on any atom is 0.229 e. The number of aromatic amines is 1. The Kier molecular flexibility index (Phi) is 5.66. The van der Waals surface area contributed by atoms with E-state index in [1.807, 2.05) is 21.0 Å². The molecule has 2 aromatic heterocycles. The molecule has 27 heavy (non-hydrogen) atoms. The highest BCUT2D eigenvalue weighted by Gasteiger charge is 2.18. The Bertz CT molecular complexity index is 948. The monoisotopic (exact) mass is 406 g/mol. The van der Waals surface area contributed by atoms with Gasteiger partial charge in [-0.2, -0.15) is 15.0 Å². The first-order chi connectivity index (χ1) is 12.9. The van der Waals surface area contributed by atoms with Crippen LogP contribution in [0.1, 0.15) is 18.0 Å². The number of ether oxygens (including phenoxy) is 1. The number of benzene rings is 1. The third-order valence-corrected chi connectivity index (χ3v) is 4.78. The van der Waals surface area contributed by atoms with E-state index in [1.54, 1.807) is 30.2 Å². The van der Waals surface area contributed by atoms with Gasteiger partial charge in [-0.05, 0) is 25.1 Å². The van der Waals surface area contributed by atoms with Crippen molar-refractivity contribution in [1.82, 2.24) is 30.1 Å². The first-order valence-electron chi connectivity index (χ1n) is 7.99. The van der Waals surface area contributed by atoms with E-state index in [0.29, 0.717) is 33.5 Å². The van der Waals surface area contributed by atoms with Crippen LogP contribution in [0.25, 0.3) is 11.4 Å². The van der Waals surface area contributed by atoms with E-state index in [4.69, 9.17) is 22.1 Å². The van der Waals surface area contributed by atoms with Crippen LogP contribution >= 0.6 is 23.4 Å². The van der Waals surface area contributed by atoms with Gasteiger partial charge < -0.3 is 15.4 Å². The molecule has 1 aromatic carbocycles. The molecule has 0 aliphatic carbocycles. The van der Waals surface area contributed by atoms with Gasteiger partial charge in [0, 0.05) is 19.1 Å². The van der Waals surface area contributed by atoms with Gasteiger partial charge in [-0.15, -0.1) is 5.10 Å². The van der Waals surface area contributed by atoms with Crippen LogP contribution < -0.4 is 15.4 Å². The molecule has 3 rings (SSSR count). The van der Waals surface area contributed by atoms with Crippen molar-refractivity contribution in [2.75, 3.05) is 31.8 Å². The zero-order valence-electron chi connectivity index (χ0n) is 15.3. The number of aromatic nitrogens is 6. The van der Waals surface area contributed by atoms with Gasteiger partial charge >= 0.3 is 0 Å². The number of methoxy groups -OCH3 is 1. The van der Waals surface area contributed by atoms with Crippen LogP contribution in [0.15, 0.2) is 23.4 Å². The fourth-order valence-electron chi connectivity index (χ4n) is 2.27. The summed E-state index contributed by atoms with van der Waals surface area (Å²) in [5.74, 6) is 2.46. The Balaban J connectivity index is 1.83. The number of hydrogen-bond acceptors (Lipinski definition) is 9. The standard InChI is InChI=1S/C16H19ClN8OS/c1-8(12-19-14(18)22-15(20-12)25(2)3)27-16-21-13(23-24-16)10-7-9(17)5-6-11(10)26-4/h5-8H,1-4H3,(H,21,23,24)(H2,18,19,20,22)/t8-/m0/s1. The Morgan fingerprint density at radius 1 is 1.22 bits per heavy atom. The highest BCUT2D eigenvalue weighted by atomic mass is 35.5. The lowest BCUT2D eigenvalue weighted by Crippen LogP contribution is -2.16. The molecule has 3 aromatic rings. The van der Waals surface area contributed by atoms with Crippen molar-refractivity contribution in [3.05, 3.63) is 29.0 Å². The normalized spacial score (nSPS) is 12.0. The molecule has 0 fully saturated rings. The first-order valence-corrected chi connectivity index (χ1v) is 9.25. The van der Waals surface area contributed by atoms with E-state index in [0.717, 1.165) is 5.56 Å². The van der Waals surface area contributed by atoms with Crippen molar-refractivity contribution in [2.45, 2.75) is 17.3 Å². The van der Waals surface area contributed by atoms with Crippen molar-refractivity contribution in [3.8, 4) is 17.1 Å². The Morgan fingerprint density at radius 3 is 2.70 bits per heavy atom. The lowest BCUT2D eigenvalue weighted by atomic mass is 10.2. The van der Waals surface area contributed by atoms with Gasteiger partial charge in [0.1, 0.15) is 11.6 Å². The second-order valence-corrected chi connectivity index (χ2v) is 7.56. The largest absolute Gasteiger partial charge is 0.496 e. The zero-order chi connectivity index (χ0) is 19.6. The van der Waals surface area contributed by atoms with Crippen LogP contribution in [0.2, 0.25) is 5.02 Å². The molecule has 11 heteroatoms. The number of nitrogens with two attached hydrogens (primary N) is 1. The Labute approximate surface area is 165 Å². The highest BCUT2D eigenvalue weighted by Crippen LogP contribution is 2.34. The van der Waals surface area contributed by atoms with Crippen molar-refractivity contribution in [1.29, 1.82) is 0 Å². The predicted octanol–water partition coefficient (Wildman–Crippen LogP) is 2.82. The highest BCUT2D eigenvalue weighted by molar-refractivity contribution is 7.99. The summed E-state index contributed by atoms with van der Waals surface area (Å²) in [6.07, 6.45) is 0. The minimum atomic E-state index is -0.126. The van der Waals surface area contributed by atoms with Gasteiger partial charge in [0.15, 0.2) is 5.82 Å². The molecule has 0 aliphatic rings. The maximum atomic E-state index is 6.09. The van der Waals surface area contributed by atoms with Gasteiger partial charge in [0.25, 0.3) is 0 Å². The summed E-state index contributed by atoms with van der Waals surface area (Å²) >= 11 is 7.49. The summed E-state index contributed by atoms with van der Waals surface area (Å²) < 4.78 is 5.36. The summed E-state index contributed by atoms with van der Waals surface area (Å²) in [6.45, 7) is 1.95. The number of anilines is 2. The predicted molar refractivity (Wildman–Crippen MR) is 106 cm³/mol. The summed E-state index contributed by atoms with van der Waals surface area (Å²) in [7, 11) is 5.28. The van der Waals surface area contributed by atoms with Crippen molar-refractivity contribution in [3.63, 3.8) is 0 Å². The number of hydrogen-bond donors (Lipinski definition) is 2. The van der Waals surface area contributed by atoms with E-state index in [-0.39, 0.29) is 11.2 Å². The number of halogens is 1. The van der Waals surface area contributed by atoms with Crippen molar-refractivity contribution < 1.29 is 4.74 Å². The van der Waals surface area contributed by atoms with Crippen LogP contribution in [0, 0.1) is 0 Å². The number of nitrogens with zero attached hydrogens (tertiary/aromatic N) is 6. The van der Waals surface area contributed by atoms with E-state index < -0.39 is 0 Å². The smallest absolute Gasteiger partial charge is 0.229 e. The maximum absolute atomic E-state index is 6.09. The van der Waals surface area contributed by atoms with Gasteiger partial charge in [0.05, 0.1) is 17.9 Å². The van der Waals surface area contributed by atoms with E-state index in [1.165, 1.54) is 11.8 Å². The molecule has 142 valence electrons. The summed E-state index contributed by atoms with van der Waals surface area (Å²) in [5, 5.41) is 8.18. The molecule has 0 amide bonds. The third kappa shape index (κ3) is 4.40. The number of thioether (sulfide) groups is 1. The number of rotatable bonds is 6. The van der Waals surface area contributed by atoms with Crippen LogP contribution in [-0.2, 0) is 0 Å². The average molecular weight is 407 g/mol. The quantitative estimate of drug-likeness (QED) is 0.595. The van der Waals surface area contributed by atoms with Gasteiger partial charge in [-0.1, -0.05) is 23.4 Å². The first kappa shape index (κ1) is 19.2. The molecule has 0 bridgehead atoms. The van der Waals surface area contributed by atoms with Crippen LogP contribution in [0.5, 0.6) is 5.75 Å². The molecule has 0 unspecified atom stereocenters. The van der Waals surface area contributed by atoms with Crippen LogP contribution in [0.3, 0.4) is 0 Å². The molecular weight excluding hydrogens is 388 g/mol. The zero-order valence-corrected chi connectivity index (χ0v) is 16.8. The summed E-state index contributed by atoms with van der Waals surface area (Å²) in [4.78, 5) is 19.0. The lowest BCUT2D eigenvalue weighted by molar-refractivity contribution is 0.416. The van der Waals surface area contributed by atoms with E-state index >= 15 is 0 Å². The van der Waals surface area contributed by atoms with E-state index in [9.17, 15) is 0 Å². The van der Waals surface area contributed by atoms with Gasteiger partial charge in [-0.3, -0.25) is 5.10 Å². The summed E-state index contributed by atoms with van der Waals surface area (Å²) in [5.41, 5.74) is 6.53. The van der Waals surface area contributed by atoms with Crippen molar-refractivity contribution in [2.24, 2.45) is 0 Å². The minimum Gasteiger partial charge on any atom is -0.496 e. The Morgan fingerprint density at radius 2 is 2.00 bits per heavy atom. The molecular formula is C16H19ClN8OS. The van der Waals surface area contributed by atoms with Crippen molar-refractivity contribution >= 4 is 35.3 Å². The summed E-state index contributed by atoms with van der Waals surface area (Å²) in [6, 6.07) is 5.31. The molecule has 0 saturated heterocycles. The molecule has 9 nitrogen and oxygen atoms in total. The second-order valence-electron chi connectivity index (χ2n) is 5.82. The molecule has 0 radical (unpaired) electrons. The fraction of sp³-hybridized carbons (Fsp3) is 0.312. The Hall–Kier alpha value is -2.59. The average Bonchev–Trinajstić information content (AvgIpc) is 3.09. The third-order valence-electron chi connectivity index (χ3n) is 3.59. The molecule has 2 heterocycles. The molecule has 0 spiro atoms. The molecule has 0 saturated carbocycles. The van der Waals surface area contributed by atoms with E-state index in [2.05, 4.69) is 30.1 Å². The lowest BCUT2D eigenvalue weighted by Gasteiger charge is -2.13. The van der Waals surface area contributed by atoms with Crippen LogP contribution in [-0.4, -0.2) is 51.3 Å². The molecule has 0 aliphatic heterocycles. The minimum absolute atomic E-state index is 0.126. The SMILES string of the molecule is COc1ccc(Cl)cc1-c1nc(S[C@@H](C)c2nc(N)nc(N(C)C)n2)n[nH]1. The fourth-order valence-corrected chi connectivity index (χ4v) is 3.22.